The van der Waals surface area contributed by atoms with E-state index in [4.69, 9.17) is 11.6 Å². The fourth-order valence-corrected chi connectivity index (χ4v) is 1.86. The van der Waals surface area contributed by atoms with E-state index >= 15 is 0 Å². The van der Waals surface area contributed by atoms with Crippen molar-refractivity contribution in [3.63, 3.8) is 0 Å². The van der Waals surface area contributed by atoms with Gasteiger partial charge in [0.1, 0.15) is 11.6 Å². The summed E-state index contributed by atoms with van der Waals surface area (Å²) in [5.74, 6) is -1.06. The molecule has 0 aromatic heterocycles. The summed E-state index contributed by atoms with van der Waals surface area (Å²) in [6, 6.07) is 8.36. The van der Waals surface area contributed by atoms with Gasteiger partial charge < -0.3 is 10.4 Å². The zero-order chi connectivity index (χ0) is 14.0. The van der Waals surface area contributed by atoms with E-state index in [2.05, 4.69) is 5.32 Å². The molecule has 2 N–H and O–H groups in total. The second-order valence-electron chi connectivity index (χ2n) is 4.10. The number of phenolic OH excluding ortho intramolecular Hbond substituents is 1. The predicted molar refractivity (Wildman–Crippen MR) is 72.2 cm³/mol. The first-order valence-electron chi connectivity index (χ1n) is 5.53. The lowest BCUT2D eigenvalue weighted by atomic mass is 10.1. The maximum absolute atomic E-state index is 12.9. The molecule has 19 heavy (non-hydrogen) atoms. The lowest BCUT2D eigenvalue weighted by Gasteiger charge is -2.09. The van der Waals surface area contributed by atoms with Crippen LogP contribution in [0.1, 0.15) is 15.9 Å². The summed E-state index contributed by atoms with van der Waals surface area (Å²) in [7, 11) is 0. The molecular weight excluding hydrogens is 269 g/mol. The van der Waals surface area contributed by atoms with Crippen molar-refractivity contribution in [2.75, 3.05) is 5.32 Å². The molecule has 0 aliphatic carbocycles. The molecule has 0 aliphatic heterocycles. The Morgan fingerprint density at radius 1 is 1.26 bits per heavy atom. The van der Waals surface area contributed by atoms with Crippen LogP contribution >= 0.6 is 11.6 Å². The number of nitrogens with one attached hydrogen (secondary N) is 1. The molecule has 0 radical (unpaired) electrons. The summed E-state index contributed by atoms with van der Waals surface area (Å²) in [5.41, 5.74) is 1.29. The lowest BCUT2D eigenvalue weighted by Crippen LogP contribution is -2.12. The number of carbonyl (C=O) groups is 1. The van der Waals surface area contributed by atoms with E-state index in [0.717, 1.165) is 17.7 Å². The van der Waals surface area contributed by atoms with Crippen molar-refractivity contribution in [1.82, 2.24) is 0 Å². The van der Waals surface area contributed by atoms with Gasteiger partial charge in [0, 0.05) is 0 Å². The second-order valence-corrected chi connectivity index (χ2v) is 4.51. The van der Waals surface area contributed by atoms with Crippen molar-refractivity contribution in [3.05, 3.63) is 58.4 Å². The highest BCUT2D eigenvalue weighted by molar-refractivity contribution is 6.34. The fraction of sp³-hybridized carbons (Fsp3) is 0.0714. The Kier molecular flexibility index (Phi) is 3.71. The molecular formula is C14H11ClFNO2. The minimum atomic E-state index is -0.514. The van der Waals surface area contributed by atoms with E-state index in [-0.39, 0.29) is 22.0 Å². The molecule has 1 amide bonds. The van der Waals surface area contributed by atoms with Crippen molar-refractivity contribution < 1.29 is 14.3 Å². The number of hydrogen-bond donors (Lipinski definition) is 2. The smallest absolute Gasteiger partial charge is 0.257 e. The highest BCUT2D eigenvalue weighted by Crippen LogP contribution is 2.25. The molecule has 0 fully saturated rings. The summed E-state index contributed by atoms with van der Waals surface area (Å²) in [6.07, 6.45) is 0. The van der Waals surface area contributed by atoms with Crippen LogP contribution in [-0.4, -0.2) is 11.0 Å². The first-order valence-corrected chi connectivity index (χ1v) is 5.91. The van der Waals surface area contributed by atoms with Gasteiger partial charge in [0.25, 0.3) is 5.91 Å². The Bertz CT molecular complexity index is 643. The third-order valence-corrected chi connectivity index (χ3v) is 2.89. The maximum atomic E-state index is 12.9. The summed E-state index contributed by atoms with van der Waals surface area (Å²) in [5, 5.41) is 12.2. The highest BCUT2D eigenvalue weighted by atomic mass is 35.5. The number of hydrogen-bond acceptors (Lipinski definition) is 2. The van der Waals surface area contributed by atoms with Crippen molar-refractivity contribution in [2.24, 2.45) is 0 Å². The van der Waals surface area contributed by atoms with Gasteiger partial charge in [-0.1, -0.05) is 17.7 Å². The fourth-order valence-electron chi connectivity index (χ4n) is 1.61. The van der Waals surface area contributed by atoms with E-state index < -0.39 is 11.7 Å². The van der Waals surface area contributed by atoms with Crippen molar-refractivity contribution in [1.29, 1.82) is 0 Å². The molecule has 5 heteroatoms. The van der Waals surface area contributed by atoms with Crippen LogP contribution in [0.4, 0.5) is 10.1 Å². The summed E-state index contributed by atoms with van der Waals surface area (Å²) >= 11 is 5.79. The number of benzene rings is 2. The van der Waals surface area contributed by atoms with Gasteiger partial charge in [-0.2, -0.15) is 0 Å². The molecule has 0 aliphatic rings. The van der Waals surface area contributed by atoms with Gasteiger partial charge in [0.2, 0.25) is 0 Å². The van der Waals surface area contributed by atoms with Crippen LogP contribution in [-0.2, 0) is 0 Å². The topological polar surface area (TPSA) is 49.3 Å². The summed E-state index contributed by atoms with van der Waals surface area (Å²) in [6.45, 7) is 1.82. The Labute approximate surface area is 114 Å². The minimum absolute atomic E-state index is 0.0177. The molecule has 0 saturated carbocycles. The van der Waals surface area contributed by atoms with Crippen LogP contribution < -0.4 is 5.32 Å². The maximum Gasteiger partial charge on any atom is 0.257 e. The largest absolute Gasteiger partial charge is 0.506 e. The van der Waals surface area contributed by atoms with Gasteiger partial charge in [0.05, 0.1) is 16.3 Å². The predicted octanol–water partition coefficient (Wildman–Crippen LogP) is 3.75. The van der Waals surface area contributed by atoms with Crippen molar-refractivity contribution in [2.45, 2.75) is 6.92 Å². The highest BCUT2D eigenvalue weighted by Gasteiger charge is 2.13. The third-order valence-electron chi connectivity index (χ3n) is 2.58. The van der Waals surface area contributed by atoms with Crippen LogP contribution in [0.25, 0.3) is 0 Å². The average Bonchev–Trinajstić information content (AvgIpc) is 2.32. The van der Waals surface area contributed by atoms with Gasteiger partial charge in [-0.15, -0.1) is 0 Å². The number of rotatable bonds is 2. The van der Waals surface area contributed by atoms with Gasteiger partial charge in [0.15, 0.2) is 0 Å². The Morgan fingerprint density at radius 2 is 2.00 bits per heavy atom. The first-order chi connectivity index (χ1) is 8.97. The zero-order valence-electron chi connectivity index (χ0n) is 10.1. The Balaban J connectivity index is 2.25. The monoisotopic (exact) mass is 279 g/mol. The SMILES string of the molecule is Cc1ccc(NC(=O)c2ccc(F)cc2Cl)c(O)c1. The van der Waals surface area contributed by atoms with E-state index in [1.165, 1.54) is 12.1 Å². The number of amides is 1. The molecule has 0 spiro atoms. The van der Waals surface area contributed by atoms with E-state index in [9.17, 15) is 14.3 Å². The second kappa shape index (κ2) is 5.28. The van der Waals surface area contributed by atoms with Crippen LogP contribution in [0.3, 0.4) is 0 Å². The molecule has 0 saturated heterocycles. The number of aryl methyl sites for hydroxylation is 1. The van der Waals surface area contributed by atoms with E-state index in [1.54, 1.807) is 12.1 Å². The average molecular weight is 280 g/mol. The molecule has 98 valence electrons. The van der Waals surface area contributed by atoms with Crippen LogP contribution in [0.15, 0.2) is 36.4 Å². The summed E-state index contributed by atoms with van der Waals surface area (Å²) in [4.78, 5) is 12.0. The van der Waals surface area contributed by atoms with Gasteiger partial charge in [-0.3, -0.25) is 4.79 Å². The van der Waals surface area contributed by atoms with Crippen LogP contribution in [0.2, 0.25) is 5.02 Å². The van der Waals surface area contributed by atoms with Crippen molar-refractivity contribution >= 4 is 23.2 Å². The standard InChI is InChI=1S/C14H11ClFNO2/c1-8-2-5-12(13(18)6-8)17-14(19)10-4-3-9(16)7-11(10)15/h2-7,18H,1H3,(H,17,19). The molecule has 2 aromatic carbocycles. The van der Waals surface area contributed by atoms with Crippen molar-refractivity contribution in [3.8, 4) is 5.75 Å². The number of anilines is 1. The quantitative estimate of drug-likeness (QED) is 0.823. The van der Waals surface area contributed by atoms with Crippen LogP contribution in [0.5, 0.6) is 5.75 Å². The molecule has 3 nitrogen and oxygen atoms in total. The molecule has 0 atom stereocenters. The number of carbonyl (C=O) groups excluding carboxylic acids is 1. The Hall–Kier alpha value is -2.07. The van der Waals surface area contributed by atoms with Gasteiger partial charge >= 0.3 is 0 Å². The van der Waals surface area contributed by atoms with Gasteiger partial charge in [-0.05, 0) is 42.8 Å². The normalized spacial score (nSPS) is 10.3. The first kappa shape index (κ1) is 13.4. The number of halogens is 2. The van der Waals surface area contributed by atoms with Gasteiger partial charge in [-0.25, -0.2) is 4.39 Å². The summed E-state index contributed by atoms with van der Waals surface area (Å²) < 4.78 is 12.9. The van der Waals surface area contributed by atoms with E-state index in [1.807, 2.05) is 6.92 Å². The Morgan fingerprint density at radius 3 is 2.63 bits per heavy atom. The number of aromatic hydroxyl groups is 1. The molecule has 2 aromatic rings. The molecule has 0 bridgehead atoms. The lowest BCUT2D eigenvalue weighted by molar-refractivity contribution is 0.102. The minimum Gasteiger partial charge on any atom is -0.506 e. The molecule has 0 heterocycles. The van der Waals surface area contributed by atoms with E-state index in [0.29, 0.717) is 0 Å². The third kappa shape index (κ3) is 3.03. The zero-order valence-corrected chi connectivity index (χ0v) is 10.8. The number of phenols is 1. The van der Waals surface area contributed by atoms with Crippen LogP contribution in [0, 0.1) is 12.7 Å². The molecule has 0 unspecified atom stereocenters. The molecule has 2 rings (SSSR count).